The second kappa shape index (κ2) is 3.42. The van der Waals surface area contributed by atoms with E-state index in [0.717, 1.165) is 5.69 Å². The Balaban J connectivity index is 2.75. The molecule has 0 bridgehead atoms. The van der Waals surface area contributed by atoms with Crippen molar-refractivity contribution in [1.82, 2.24) is 9.78 Å². The number of rotatable bonds is 2. The number of aromatic nitrogens is 2. The van der Waals surface area contributed by atoms with Crippen LogP contribution in [0.5, 0.6) is 0 Å². The van der Waals surface area contributed by atoms with Crippen molar-refractivity contribution in [3.8, 4) is 0 Å². The number of amides is 1. The molecule has 1 aromatic heterocycles. The zero-order valence-electron chi connectivity index (χ0n) is 8.96. The van der Waals surface area contributed by atoms with E-state index in [1.165, 1.54) is 0 Å². The number of aryl methyl sites for hydroxylation is 2. The molecule has 5 heteroatoms. The van der Waals surface area contributed by atoms with Crippen LogP contribution in [0.4, 0.5) is 5.82 Å². The van der Waals surface area contributed by atoms with E-state index in [9.17, 15) is 4.79 Å². The van der Waals surface area contributed by atoms with Gasteiger partial charge in [-0.3, -0.25) is 9.48 Å². The molecule has 1 heterocycles. The third-order valence-electron chi connectivity index (χ3n) is 1.94. The van der Waals surface area contributed by atoms with E-state index in [4.69, 9.17) is 5.73 Å². The molecule has 0 aliphatic heterocycles. The predicted octanol–water partition coefficient (Wildman–Crippen LogP) is 0.404. The summed E-state index contributed by atoms with van der Waals surface area (Å²) in [5.74, 6) is 0.295. The molecule has 0 fully saturated rings. The van der Waals surface area contributed by atoms with Crippen molar-refractivity contribution in [3.05, 3.63) is 11.8 Å². The minimum absolute atomic E-state index is 0.240. The van der Waals surface area contributed by atoms with Crippen molar-refractivity contribution < 1.29 is 4.79 Å². The lowest BCUT2D eigenvalue weighted by Crippen LogP contribution is -2.45. The molecule has 1 rings (SSSR count). The molecule has 0 spiro atoms. The van der Waals surface area contributed by atoms with Gasteiger partial charge in [-0.25, -0.2) is 0 Å². The zero-order chi connectivity index (χ0) is 10.9. The second-order valence-electron chi connectivity index (χ2n) is 3.97. The third kappa shape index (κ3) is 2.32. The molecule has 14 heavy (non-hydrogen) atoms. The van der Waals surface area contributed by atoms with Gasteiger partial charge in [0, 0.05) is 18.8 Å². The minimum Gasteiger partial charge on any atom is -0.318 e. The first-order valence-corrected chi connectivity index (χ1v) is 4.41. The summed E-state index contributed by atoms with van der Waals surface area (Å²) in [4.78, 5) is 11.5. The van der Waals surface area contributed by atoms with Crippen LogP contribution in [0, 0.1) is 6.92 Å². The van der Waals surface area contributed by atoms with Crippen LogP contribution in [0.15, 0.2) is 6.07 Å². The van der Waals surface area contributed by atoms with Crippen LogP contribution in [0.25, 0.3) is 0 Å². The van der Waals surface area contributed by atoms with Gasteiger partial charge in [0.15, 0.2) is 5.82 Å². The molecular weight excluding hydrogens is 180 g/mol. The van der Waals surface area contributed by atoms with Gasteiger partial charge >= 0.3 is 0 Å². The quantitative estimate of drug-likeness (QED) is 0.719. The number of nitrogens with one attached hydrogen (secondary N) is 1. The Morgan fingerprint density at radius 2 is 2.21 bits per heavy atom. The van der Waals surface area contributed by atoms with Crippen LogP contribution in [0.2, 0.25) is 0 Å². The zero-order valence-corrected chi connectivity index (χ0v) is 8.96. The predicted molar refractivity (Wildman–Crippen MR) is 54.8 cm³/mol. The Kier molecular flexibility index (Phi) is 2.62. The maximum absolute atomic E-state index is 11.5. The van der Waals surface area contributed by atoms with Crippen molar-refractivity contribution in [2.24, 2.45) is 12.8 Å². The maximum atomic E-state index is 11.5. The molecular formula is C9H16N4O. The maximum Gasteiger partial charge on any atom is 0.245 e. The van der Waals surface area contributed by atoms with Gasteiger partial charge in [-0.15, -0.1) is 0 Å². The Bertz CT molecular complexity index is 329. The average molecular weight is 196 g/mol. The summed E-state index contributed by atoms with van der Waals surface area (Å²) in [6, 6.07) is 1.80. The summed E-state index contributed by atoms with van der Waals surface area (Å²) in [6.45, 7) is 5.21. The highest BCUT2D eigenvalue weighted by molar-refractivity contribution is 5.96. The number of carbonyl (C=O) groups excluding carboxylic acids is 1. The lowest BCUT2D eigenvalue weighted by molar-refractivity contribution is -0.120. The molecule has 0 unspecified atom stereocenters. The van der Waals surface area contributed by atoms with Crippen LogP contribution in [0.1, 0.15) is 19.5 Å². The van der Waals surface area contributed by atoms with Crippen molar-refractivity contribution in [3.63, 3.8) is 0 Å². The van der Waals surface area contributed by atoms with Gasteiger partial charge < -0.3 is 11.1 Å². The van der Waals surface area contributed by atoms with Crippen LogP contribution in [-0.4, -0.2) is 21.2 Å². The van der Waals surface area contributed by atoms with E-state index in [1.807, 2.05) is 14.0 Å². The third-order valence-corrected chi connectivity index (χ3v) is 1.94. The molecule has 1 aromatic rings. The number of carbonyl (C=O) groups is 1. The first-order valence-electron chi connectivity index (χ1n) is 4.41. The molecule has 3 N–H and O–H groups in total. The summed E-state index contributed by atoms with van der Waals surface area (Å²) >= 11 is 0. The SMILES string of the molecule is Cc1cc(NC(=O)C(C)(C)N)nn1C. The van der Waals surface area contributed by atoms with E-state index in [2.05, 4.69) is 10.4 Å². The fourth-order valence-electron chi connectivity index (χ4n) is 0.899. The molecule has 0 saturated carbocycles. The number of anilines is 1. The fraction of sp³-hybridized carbons (Fsp3) is 0.556. The monoisotopic (exact) mass is 196 g/mol. The Labute approximate surface area is 83.3 Å². The van der Waals surface area contributed by atoms with E-state index in [-0.39, 0.29) is 5.91 Å². The van der Waals surface area contributed by atoms with Gasteiger partial charge in [0.2, 0.25) is 5.91 Å². The Hall–Kier alpha value is -1.36. The molecule has 0 aromatic carbocycles. The van der Waals surface area contributed by atoms with Crippen molar-refractivity contribution in [2.45, 2.75) is 26.3 Å². The van der Waals surface area contributed by atoms with Crippen LogP contribution >= 0.6 is 0 Å². The van der Waals surface area contributed by atoms with Crippen molar-refractivity contribution in [1.29, 1.82) is 0 Å². The average Bonchev–Trinajstić information content (AvgIpc) is 2.29. The van der Waals surface area contributed by atoms with E-state index in [1.54, 1.807) is 24.6 Å². The summed E-state index contributed by atoms with van der Waals surface area (Å²) < 4.78 is 1.69. The highest BCUT2D eigenvalue weighted by Gasteiger charge is 2.22. The molecule has 0 atom stereocenters. The summed E-state index contributed by atoms with van der Waals surface area (Å²) in [6.07, 6.45) is 0. The number of nitrogens with two attached hydrogens (primary N) is 1. The van der Waals surface area contributed by atoms with E-state index in [0.29, 0.717) is 5.82 Å². The molecule has 0 saturated heterocycles. The minimum atomic E-state index is -0.884. The molecule has 0 radical (unpaired) electrons. The van der Waals surface area contributed by atoms with Gasteiger partial charge in [-0.2, -0.15) is 5.10 Å². The number of hydrogen-bond donors (Lipinski definition) is 2. The summed E-state index contributed by atoms with van der Waals surface area (Å²) in [5, 5.41) is 6.74. The van der Waals surface area contributed by atoms with Gasteiger partial charge in [-0.1, -0.05) is 0 Å². The first kappa shape index (κ1) is 10.7. The summed E-state index contributed by atoms with van der Waals surface area (Å²) in [7, 11) is 1.82. The van der Waals surface area contributed by atoms with Crippen LogP contribution < -0.4 is 11.1 Å². The number of nitrogens with zero attached hydrogens (tertiary/aromatic N) is 2. The molecule has 5 nitrogen and oxygen atoms in total. The molecule has 1 amide bonds. The number of hydrogen-bond acceptors (Lipinski definition) is 3. The molecule has 0 aliphatic rings. The molecule has 78 valence electrons. The Morgan fingerprint density at radius 1 is 1.64 bits per heavy atom. The van der Waals surface area contributed by atoms with Crippen LogP contribution in [-0.2, 0) is 11.8 Å². The smallest absolute Gasteiger partial charge is 0.245 e. The second-order valence-corrected chi connectivity index (χ2v) is 3.97. The van der Waals surface area contributed by atoms with Gasteiger partial charge in [0.1, 0.15) is 0 Å². The Morgan fingerprint density at radius 3 is 2.57 bits per heavy atom. The van der Waals surface area contributed by atoms with Crippen LogP contribution in [0.3, 0.4) is 0 Å². The lowest BCUT2D eigenvalue weighted by atomic mass is 10.1. The lowest BCUT2D eigenvalue weighted by Gasteiger charge is -2.16. The highest BCUT2D eigenvalue weighted by atomic mass is 16.2. The van der Waals surface area contributed by atoms with Gasteiger partial charge in [0.25, 0.3) is 0 Å². The topological polar surface area (TPSA) is 72.9 Å². The molecule has 0 aliphatic carbocycles. The van der Waals surface area contributed by atoms with Gasteiger partial charge in [-0.05, 0) is 20.8 Å². The summed E-state index contributed by atoms with van der Waals surface area (Å²) in [5.41, 5.74) is 5.72. The fourth-order valence-corrected chi connectivity index (χ4v) is 0.899. The normalized spacial score (nSPS) is 11.5. The van der Waals surface area contributed by atoms with Gasteiger partial charge in [0.05, 0.1) is 5.54 Å². The largest absolute Gasteiger partial charge is 0.318 e. The first-order chi connectivity index (χ1) is 6.30. The van der Waals surface area contributed by atoms with Crippen molar-refractivity contribution >= 4 is 11.7 Å². The highest BCUT2D eigenvalue weighted by Crippen LogP contribution is 2.09. The van der Waals surface area contributed by atoms with Crippen molar-refractivity contribution in [2.75, 3.05) is 5.32 Å². The van der Waals surface area contributed by atoms with E-state index >= 15 is 0 Å². The standard InChI is InChI=1S/C9H16N4O/c1-6-5-7(12-13(6)4)11-8(14)9(2,3)10/h5H,10H2,1-4H3,(H,11,12,14). The van der Waals surface area contributed by atoms with E-state index < -0.39 is 5.54 Å².